The maximum absolute atomic E-state index is 13.0. The number of fused-ring (bicyclic) bond motifs is 3. The van der Waals surface area contributed by atoms with Gasteiger partial charge >= 0.3 is 12.1 Å². The minimum Gasteiger partial charge on any atom is -0.481 e. The number of carbonyl (C=O) groups is 3. The monoisotopic (exact) mass is 480 g/mol. The molecule has 2 amide bonds. The summed E-state index contributed by atoms with van der Waals surface area (Å²) in [6, 6.07) is 15.1. The molecule has 1 aliphatic heterocycles. The van der Waals surface area contributed by atoms with Crippen LogP contribution in [0, 0.1) is 11.8 Å². The highest BCUT2D eigenvalue weighted by Crippen LogP contribution is 2.44. The van der Waals surface area contributed by atoms with E-state index < -0.39 is 18.1 Å². The minimum absolute atomic E-state index is 0.0708. The zero-order valence-electron chi connectivity index (χ0n) is 20.0. The van der Waals surface area contributed by atoms with Gasteiger partial charge in [-0.05, 0) is 34.6 Å². The van der Waals surface area contributed by atoms with Crippen molar-refractivity contribution in [3.05, 3.63) is 59.7 Å². The molecule has 1 saturated heterocycles. The molecule has 2 aromatic carbocycles. The van der Waals surface area contributed by atoms with Crippen LogP contribution in [0.15, 0.2) is 48.5 Å². The van der Waals surface area contributed by atoms with Crippen molar-refractivity contribution in [2.45, 2.75) is 44.7 Å². The molecule has 3 N–H and O–H groups in total. The second-order valence-electron chi connectivity index (χ2n) is 9.53. The first-order valence-electron chi connectivity index (χ1n) is 12.1. The average molecular weight is 481 g/mol. The lowest BCUT2D eigenvalue weighted by atomic mass is 9.92. The Balaban J connectivity index is 1.38. The van der Waals surface area contributed by atoms with Gasteiger partial charge in [-0.1, -0.05) is 62.4 Å². The Morgan fingerprint density at radius 1 is 1.06 bits per heavy atom. The number of hydrogen-bond acceptors (Lipinski definition) is 5. The quantitative estimate of drug-likeness (QED) is 0.533. The number of carboxylic acids is 1. The van der Waals surface area contributed by atoms with Gasteiger partial charge in [0.1, 0.15) is 12.6 Å². The van der Waals surface area contributed by atoms with E-state index in [1.54, 1.807) is 0 Å². The second-order valence-corrected chi connectivity index (χ2v) is 9.53. The zero-order valence-corrected chi connectivity index (χ0v) is 20.0. The summed E-state index contributed by atoms with van der Waals surface area (Å²) in [7, 11) is 0. The van der Waals surface area contributed by atoms with Gasteiger partial charge in [-0.2, -0.15) is 0 Å². The maximum Gasteiger partial charge on any atom is 0.407 e. The lowest BCUT2D eigenvalue weighted by molar-refractivity contribution is -0.140. The molecule has 3 atom stereocenters. The van der Waals surface area contributed by atoms with Crippen LogP contribution in [0.3, 0.4) is 0 Å². The fraction of sp³-hybridized carbons (Fsp3) is 0.444. The number of carbonyl (C=O) groups excluding carboxylic acids is 2. The lowest BCUT2D eigenvalue weighted by Gasteiger charge is -2.33. The Labute approximate surface area is 205 Å². The number of carboxylic acid groups (broad SMARTS) is 1. The van der Waals surface area contributed by atoms with E-state index in [1.807, 2.05) is 50.2 Å². The smallest absolute Gasteiger partial charge is 0.407 e. The summed E-state index contributed by atoms with van der Waals surface area (Å²) in [6.07, 6.45) is -0.217. The van der Waals surface area contributed by atoms with E-state index in [0.29, 0.717) is 13.0 Å². The van der Waals surface area contributed by atoms with Crippen LogP contribution in [0.4, 0.5) is 4.79 Å². The van der Waals surface area contributed by atoms with Gasteiger partial charge in [0, 0.05) is 24.5 Å². The van der Waals surface area contributed by atoms with Gasteiger partial charge in [-0.25, -0.2) is 4.79 Å². The molecule has 0 aromatic heterocycles. The molecule has 0 bridgehead atoms. The van der Waals surface area contributed by atoms with Crippen LogP contribution >= 0.6 is 0 Å². The van der Waals surface area contributed by atoms with Gasteiger partial charge < -0.3 is 25.2 Å². The van der Waals surface area contributed by atoms with Crippen LogP contribution < -0.4 is 10.6 Å². The molecule has 2 aliphatic rings. The average Bonchev–Trinajstić information content (AvgIpc) is 3.15. The normalized spacial score (nSPS) is 20.0. The van der Waals surface area contributed by atoms with Crippen molar-refractivity contribution >= 4 is 18.0 Å². The molecular formula is C27H32N2O6. The van der Waals surface area contributed by atoms with Gasteiger partial charge in [-0.3, -0.25) is 9.59 Å². The van der Waals surface area contributed by atoms with Crippen LogP contribution in [-0.4, -0.2) is 55.0 Å². The van der Waals surface area contributed by atoms with Crippen molar-refractivity contribution in [2.75, 3.05) is 19.8 Å². The first-order chi connectivity index (χ1) is 16.8. The molecular weight excluding hydrogens is 448 g/mol. The van der Waals surface area contributed by atoms with Crippen LogP contribution in [0.25, 0.3) is 11.1 Å². The molecule has 4 rings (SSSR count). The second kappa shape index (κ2) is 10.9. The maximum atomic E-state index is 13.0. The van der Waals surface area contributed by atoms with Gasteiger partial charge in [0.05, 0.1) is 13.0 Å². The fourth-order valence-electron chi connectivity index (χ4n) is 4.99. The molecule has 2 aromatic rings. The van der Waals surface area contributed by atoms with Crippen molar-refractivity contribution in [1.82, 2.24) is 10.6 Å². The van der Waals surface area contributed by atoms with Crippen molar-refractivity contribution in [3.8, 4) is 11.1 Å². The molecule has 8 heteroatoms. The molecule has 1 heterocycles. The predicted molar refractivity (Wildman–Crippen MR) is 130 cm³/mol. The highest BCUT2D eigenvalue weighted by atomic mass is 16.5. The summed E-state index contributed by atoms with van der Waals surface area (Å²) in [4.78, 5) is 37.0. The number of ether oxygens (including phenoxy) is 2. The van der Waals surface area contributed by atoms with E-state index in [-0.39, 0.29) is 49.3 Å². The van der Waals surface area contributed by atoms with E-state index in [4.69, 9.17) is 14.6 Å². The molecule has 1 aliphatic carbocycles. The number of nitrogens with one attached hydrogen (secondary N) is 2. The van der Waals surface area contributed by atoms with Gasteiger partial charge in [0.2, 0.25) is 5.91 Å². The van der Waals surface area contributed by atoms with Crippen LogP contribution in [0.5, 0.6) is 0 Å². The highest BCUT2D eigenvalue weighted by molar-refractivity contribution is 5.86. The van der Waals surface area contributed by atoms with Gasteiger partial charge in [-0.15, -0.1) is 0 Å². The van der Waals surface area contributed by atoms with Gasteiger partial charge in [0.15, 0.2) is 0 Å². The van der Waals surface area contributed by atoms with E-state index in [0.717, 1.165) is 22.3 Å². The molecule has 0 radical (unpaired) electrons. The third-order valence-corrected chi connectivity index (χ3v) is 6.80. The summed E-state index contributed by atoms with van der Waals surface area (Å²) in [6.45, 7) is 4.57. The Morgan fingerprint density at radius 3 is 2.29 bits per heavy atom. The highest BCUT2D eigenvalue weighted by Gasteiger charge is 2.33. The lowest BCUT2D eigenvalue weighted by Crippen LogP contribution is -2.55. The molecule has 8 nitrogen and oxygen atoms in total. The van der Waals surface area contributed by atoms with Crippen LogP contribution in [0.2, 0.25) is 0 Å². The number of amides is 2. The Hall–Kier alpha value is -3.39. The standard InChI is InChI=1S/C27H32N2O6/c1-16(2)25(26(32)28-23-11-12-34-14-17(23)13-24(30)31)29-27(33)35-15-22-20-9-5-3-7-18(20)19-8-4-6-10-21(19)22/h3-10,16-17,22-23,25H,11-15H2,1-2H3,(H,28,32)(H,29,33)(H,30,31)/t17?,23?,25-/m0/s1. The number of aliphatic carboxylic acids is 1. The minimum atomic E-state index is -0.933. The van der Waals surface area contributed by atoms with E-state index in [2.05, 4.69) is 22.8 Å². The molecule has 0 saturated carbocycles. The molecule has 35 heavy (non-hydrogen) atoms. The van der Waals surface area contributed by atoms with Gasteiger partial charge in [0.25, 0.3) is 0 Å². The SMILES string of the molecule is CC(C)[C@H](NC(=O)OCC1c2ccccc2-c2ccccc21)C(=O)NC1CCOCC1CC(=O)O. The van der Waals surface area contributed by atoms with Crippen LogP contribution in [0.1, 0.15) is 43.7 Å². The largest absolute Gasteiger partial charge is 0.481 e. The molecule has 1 fully saturated rings. The van der Waals surface area contributed by atoms with E-state index in [9.17, 15) is 14.4 Å². The molecule has 0 spiro atoms. The van der Waals surface area contributed by atoms with Crippen molar-refractivity contribution < 1.29 is 29.0 Å². The topological polar surface area (TPSA) is 114 Å². The summed E-state index contributed by atoms with van der Waals surface area (Å²) in [5, 5.41) is 14.8. The third-order valence-electron chi connectivity index (χ3n) is 6.80. The van der Waals surface area contributed by atoms with Crippen molar-refractivity contribution in [2.24, 2.45) is 11.8 Å². The summed E-state index contributed by atoms with van der Waals surface area (Å²) in [5.41, 5.74) is 4.51. The Morgan fingerprint density at radius 2 is 1.69 bits per heavy atom. The number of hydrogen-bond donors (Lipinski definition) is 3. The summed E-state index contributed by atoms with van der Waals surface area (Å²) in [5.74, 6) is -1.85. The number of alkyl carbamates (subject to hydrolysis) is 1. The number of benzene rings is 2. The molecule has 186 valence electrons. The van der Waals surface area contributed by atoms with Crippen LogP contribution in [-0.2, 0) is 19.1 Å². The first kappa shape index (κ1) is 24.7. The summed E-state index contributed by atoms with van der Waals surface area (Å²) >= 11 is 0. The van der Waals surface area contributed by atoms with E-state index in [1.165, 1.54) is 0 Å². The van der Waals surface area contributed by atoms with Crippen molar-refractivity contribution in [3.63, 3.8) is 0 Å². The first-order valence-corrected chi connectivity index (χ1v) is 12.1. The zero-order chi connectivity index (χ0) is 24.9. The van der Waals surface area contributed by atoms with E-state index >= 15 is 0 Å². The Kier molecular flexibility index (Phi) is 7.70. The third kappa shape index (κ3) is 5.65. The van der Waals surface area contributed by atoms with Crippen molar-refractivity contribution in [1.29, 1.82) is 0 Å². The Bertz CT molecular complexity index is 1040. The molecule has 2 unspecified atom stereocenters. The number of rotatable bonds is 8. The summed E-state index contributed by atoms with van der Waals surface area (Å²) < 4.78 is 11.0. The predicted octanol–water partition coefficient (Wildman–Crippen LogP) is 3.55. The fourth-order valence-corrected chi connectivity index (χ4v) is 4.99.